The predicted molar refractivity (Wildman–Crippen MR) is 105 cm³/mol. The Hall–Kier alpha value is -3.81. The minimum absolute atomic E-state index is 0.233. The van der Waals surface area contributed by atoms with E-state index in [9.17, 15) is 14.0 Å². The van der Waals surface area contributed by atoms with Gasteiger partial charge in [-0.3, -0.25) is 4.79 Å². The van der Waals surface area contributed by atoms with Crippen LogP contribution in [-0.2, 0) is 11.3 Å². The summed E-state index contributed by atoms with van der Waals surface area (Å²) < 4.78 is 17.9. The first-order valence-electron chi connectivity index (χ1n) is 8.94. The highest BCUT2D eigenvalue weighted by Gasteiger charge is 2.13. The first-order valence-corrected chi connectivity index (χ1v) is 8.94. The van der Waals surface area contributed by atoms with Gasteiger partial charge in [-0.25, -0.2) is 19.2 Å². The zero-order valence-electron chi connectivity index (χ0n) is 15.7. The van der Waals surface area contributed by atoms with E-state index in [0.717, 1.165) is 5.56 Å². The maximum Gasteiger partial charge on any atom is 0.340 e. The number of carbonyl (C=O) groups is 2. The molecule has 1 amide bonds. The normalized spacial score (nSPS) is 10.3. The predicted octanol–water partition coefficient (Wildman–Crippen LogP) is 3.47. The molecule has 7 nitrogen and oxygen atoms in total. The van der Waals surface area contributed by atoms with Crippen molar-refractivity contribution in [2.24, 2.45) is 0 Å². The molecule has 0 aliphatic rings. The maximum atomic E-state index is 12.9. The van der Waals surface area contributed by atoms with Crippen molar-refractivity contribution in [3.05, 3.63) is 83.4 Å². The number of esters is 1. The summed E-state index contributed by atoms with van der Waals surface area (Å²) >= 11 is 0. The number of hydrogen-bond donors (Lipinski definition) is 2. The van der Waals surface area contributed by atoms with Crippen molar-refractivity contribution in [2.75, 3.05) is 11.9 Å². The molecule has 1 heterocycles. The highest BCUT2D eigenvalue weighted by Crippen LogP contribution is 2.19. The molecule has 0 aliphatic carbocycles. The lowest BCUT2D eigenvalue weighted by Crippen LogP contribution is -2.23. The molecule has 0 saturated heterocycles. The Balaban J connectivity index is 1.64. The fourth-order valence-electron chi connectivity index (χ4n) is 2.50. The van der Waals surface area contributed by atoms with Gasteiger partial charge in [-0.2, -0.15) is 0 Å². The molecule has 2 aromatic carbocycles. The lowest BCUT2D eigenvalue weighted by atomic mass is 10.2. The summed E-state index contributed by atoms with van der Waals surface area (Å²) in [7, 11) is 0. The summed E-state index contributed by atoms with van der Waals surface area (Å²) in [5, 5.41) is 5.67. The Bertz CT molecular complexity index is 992. The maximum absolute atomic E-state index is 12.9. The Morgan fingerprint density at radius 2 is 1.72 bits per heavy atom. The minimum Gasteiger partial charge on any atom is -0.462 e. The van der Waals surface area contributed by atoms with E-state index in [1.54, 1.807) is 43.3 Å². The van der Waals surface area contributed by atoms with E-state index < -0.39 is 5.97 Å². The van der Waals surface area contributed by atoms with E-state index in [4.69, 9.17) is 4.74 Å². The zero-order chi connectivity index (χ0) is 20.6. The van der Waals surface area contributed by atoms with Gasteiger partial charge in [0.1, 0.15) is 5.82 Å². The monoisotopic (exact) mass is 394 g/mol. The third kappa shape index (κ3) is 5.35. The molecule has 0 bridgehead atoms. The van der Waals surface area contributed by atoms with Crippen molar-refractivity contribution >= 4 is 23.5 Å². The first-order chi connectivity index (χ1) is 14.1. The molecule has 3 rings (SSSR count). The lowest BCUT2D eigenvalue weighted by molar-refractivity contribution is 0.0527. The van der Waals surface area contributed by atoms with E-state index in [1.165, 1.54) is 24.5 Å². The molecular formula is C21H19FN4O3. The van der Waals surface area contributed by atoms with Gasteiger partial charge in [0.2, 0.25) is 5.95 Å². The van der Waals surface area contributed by atoms with Crippen LogP contribution in [0, 0.1) is 5.82 Å². The molecule has 1 aromatic heterocycles. The van der Waals surface area contributed by atoms with Crippen molar-refractivity contribution < 1.29 is 18.7 Å². The highest BCUT2D eigenvalue weighted by atomic mass is 19.1. The minimum atomic E-state index is -0.451. The highest BCUT2D eigenvalue weighted by molar-refractivity contribution is 5.96. The number of ether oxygens (including phenoxy) is 1. The summed E-state index contributed by atoms with van der Waals surface area (Å²) in [6, 6.07) is 12.7. The van der Waals surface area contributed by atoms with E-state index in [0.29, 0.717) is 11.3 Å². The van der Waals surface area contributed by atoms with Gasteiger partial charge in [-0.05, 0) is 36.8 Å². The largest absolute Gasteiger partial charge is 0.462 e. The average molecular weight is 394 g/mol. The van der Waals surface area contributed by atoms with E-state index >= 15 is 0 Å². The number of carbonyl (C=O) groups excluding carboxylic acids is 2. The summed E-state index contributed by atoms with van der Waals surface area (Å²) in [5.41, 5.74) is 1.91. The number of nitrogens with one attached hydrogen (secondary N) is 2. The van der Waals surface area contributed by atoms with Crippen LogP contribution in [0.15, 0.2) is 60.9 Å². The van der Waals surface area contributed by atoms with Crippen molar-refractivity contribution in [1.29, 1.82) is 0 Å². The Morgan fingerprint density at radius 3 is 2.41 bits per heavy atom. The molecule has 0 radical (unpaired) electrons. The number of halogens is 1. The molecule has 0 saturated carbocycles. The first kappa shape index (κ1) is 19.9. The smallest absolute Gasteiger partial charge is 0.340 e. The standard InChI is InChI=1S/C21H19FN4O3/c1-2-29-20(28)17-5-3-4-6-18(17)26-21-24-12-15(13-25-21)19(27)23-11-14-7-9-16(22)10-8-14/h3-10,12-13H,2,11H2,1H3,(H,23,27)(H,24,25,26). The molecule has 0 aliphatic heterocycles. The SMILES string of the molecule is CCOC(=O)c1ccccc1Nc1ncc(C(=O)NCc2ccc(F)cc2)cn1. The van der Waals surface area contributed by atoms with Gasteiger partial charge in [0, 0.05) is 18.9 Å². The summed E-state index contributed by atoms with van der Waals surface area (Å²) in [4.78, 5) is 32.5. The second-order valence-electron chi connectivity index (χ2n) is 6.00. The quantitative estimate of drug-likeness (QED) is 0.596. The van der Waals surface area contributed by atoms with Gasteiger partial charge < -0.3 is 15.4 Å². The van der Waals surface area contributed by atoms with Crippen molar-refractivity contribution in [3.8, 4) is 0 Å². The Kier molecular flexibility index (Phi) is 6.47. The van der Waals surface area contributed by atoms with Crippen LogP contribution in [0.1, 0.15) is 33.2 Å². The van der Waals surface area contributed by atoms with Gasteiger partial charge in [0.25, 0.3) is 5.91 Å². The number of para-hydroxylation sites is 1. The van der Waals surface area contributed by atoms with Gasteiger partial charge in [-0.1, -0.05) is 24.3 Å². The molecule has 29 heavy (non-hydrogen) atoms. The van der Waals surface area contributed by atoms with Crippen molar-refractivity contribution in [1.82, 2.24) is 15.3 Å². The van der Waals surface area contributed by atoms with Gasteiger partial charge in [-0.15, -0.1) is 0 Å². The Labute approximate surface area is 167 Å². The summed E-state index contributed by atoms with van der Waals surface area (Å²) in [6.07, 6.45) is 2.75. The number of benzene rings is 2. The molecule has 0 fully saturated rings. The molecule has 0 atom stereocenters. The average Bonchev–Trinajstić information content (AvgIpc) is 2.74. The van der Waals surface area contributed by atoms with Gasteiger partial charge in [0.05, 0.1) is 23.4 Å². The number of rotatable bonds is 7. The van der Waals surface area contributed by atoms with E-state index in [1.807, 2.05) is 0 Å². The third-order valence-corrected chi connectivity index (χ3v) is 3.95. The van der Waals surface area contributed by atoms with Crippen molar-refractivity contribution in [2.45, 2.75) is 13.5 Å². The van der Waals surface area contributed by atoms with Gasteiger partial charge >= 0.3 is 5.97 Å². The molecule has 0 spiro atoms. The van der Waals surface area contributed by atoms with Crippen LogP contribution in [0.25, 0.3) is 0 Å². The van der Waals surface area contributed by atoms with E-state index in [-0.39, 0.29) is 36.4 Å². The molecule has 0 unspecified atom stereocenters. The van der Waals surface area contributed by atoms with Crippen LogP contribution in [0.2, 0.25) is 0 Å². The van der Waals surface area contributed by atoms with Gasteiger partial charge in [0.15, 0.2) is 0 Å². The number of aromatic nitrogens is 2. The fraction of sp³-hybridized carbons (Fsp3) is 0.143. The second-order valence-corrected chi connectivity index (χ2v) is 6.00. The summed E-state index contributed by atoms with van der Waals surface area (Å²) in [5.74, 6) is -0.905. The van der Waals surface area contributed by atoms with Crippen molar-refractivity contribution in [3.63, 3.8) is 0 Å². The van der Waals surface area contributed by atoms with Crippen LogP contribution in [0.3, 0.4) is 0 Å². The second kappa shape index (κ2) is 9.41. The number of amides is 1. The van der Waals surface area contributed by atoms with Crippen LogP contribution in [0.5, 0.6) is 0 Å². The lowest BCUT2D eigenvalue weighted by Gasteiger charge is -2.10. The molecular weight excluding hydrogens is 375 g/mol. The van der Waals surface area contributed by atoms with Crippen LogP contribution >= 0.6 is 0 Å². The van der Waals surface area contributed by atoms with E-state index in [2.05, 4.69) is 20.6 Å². The zero-order valence-corrected chi connectivity index (χ0v) is 15.7. The van der Waals surface area contributed by atoms with Crippen LogP contribution in [-0.4, -0.2) is 28.5 Å². The number of anilines is 2. The Morgan fingerprint density at radius 1 is 1.03 bits per heavy atom. The topological polar surface area (TPSA) is 93.2 Å². The van der Waals surface area contributed by atoms with Crippen LogP contribution < -0.4 is 10.6 Å². The molecule has 148 valence electrons. The number of nitrogens with zero attached hydrogens (tertiary/aromatic N) is 2. The molecule has 2 N–H and O–H groups in total. The summed E-state index contributed by atoms with van der Waals surface area (Å²) in [6.45, 7) is 2.26. The third-order valence-electron chi connectivity index (χ3n) is 3.95. The van der Waals surface area contributed by atoms with Crippen LogP contribution in [0.4, 0.5) is 16.0 Å². The molecule has 3 aromatic rings. The molecule has 8 heteroatoms. The number of hydrogen-bond acceptors (Lipinski definition) is 6. The fourth-order valence-corrected chi connectivity index (χ4v) is 2.50.